The molecule has 0 amide bonds. The van der Waals surface area contributed by atoms with Crippen LogP contribution in [-0.4, -0.2) is 20.4 Å². The Kier molecular flexibility index (Phi) is 7.42. The number of nitrogens with zero attached hydrogens (tertiary/aromatic N) is 3. The standard InChI is InChI=1S/C51H32N4O/c1-2-16-32(17-3-1)33-18-4-5-19-34(33)35-20-7-9-24-40(35)50-48(51(54-55-53-50)43-28-15-31-46-47(43)42-25-11-13-30-45(42)56-46)38-23-8-6-21-36(38)39-26-14-27-41-37-22-10-12-29-44(37)52-49(39)41/h1-31,52H. The van der Waals surface area contributed by atoms with Crippen LogP contribution in [0.4, 0.5) is 0 Å². The molecule has 0 aliphatic carbocycles. The molecular weight excluding hydrogens is 685 g/mol. The highest BCUT2D eigenvalue weighted by atomic mass is 16.3. The fraction of sp³-hybridized carbons (Fsp3) is 0. The summed E-state index contributed by atoms with van der Waals surface area (Å²) in [5.41, 5.74) is 15.7. The van der Waals surface area contributed by atoms with E-state index in [4.69, 9.17) is 14.6 Å². The van der Waals surface area contributed by atoms with E-state index >= 15 is 0 Å². The Hall–Kier alpha value is -7.63. The minimum Gasteiger partial charge on any atom is -0.456 e. The highest BCUT2D eigenvalue weighted by Crippen LogP contribution is 2.48. The summed E-state index contributed by atoms with van der Waals surface area (Å²) in [6, 6.07) is 65.6. The molecule has 11 aromatic rings. The van der Waals surface area contributed by atoms with Gasteiger partial charge in [-0.2, -0.15) is 0 Å². The number of para-hydroxylation sites is 3. The predicted molar refractivity (Wildman–Crippen MR) is 229 cm³/mol. The second kappa shape index (κ2) is 13.0. The molecule has 0 saturated carbocycles. The van der Waals surface area contributed by atoms with Crippen LogP contribution >= 0.6 is 0 Å². The number of hydrogen-bond acceptors (Lipinski definition) is 4. The average molecular weight is 717 g/mol. The Morgan fingerprint density at radius 3 is 1.68 bits per heavy atom. The van der Waals surface area contributed by atoms with Crippen LogP contribution in [0.25, 0.3) is 111 Å². The van der Waals surface area contributed by atoms with Crippen LogP contribution in [0.15, 0.2) is 192 Å². The van der Waals surface area contributed by atoms with Gasteiger partial charge < -0.3 is 9.40 Å². The third-order valence-corrected chi connectivity index (χ3v) is 10.9. The molecule has 3 aromatic heterocycles. The van der Waals surface area contributed by atoms with Gasteiger partial charge in [-0.1, -0.05) is 170 Å². The zero-order valence-electron chi connectivity index (χ0n) is 30.1. The number of H-pyrrole nitrogens is 1. The molecule has 5 heteroatoms. The third kappa shape index (κ3) is 5.06. The Bertz CT molecular complexity index is 3270. The number of nitrogens with one attached hydrogen (secondary N) is 1. The van der Waals surface area contributed by atoms with Crippen LogP contribution in [0.2, 0.25) is 0 Å². The van der Waals surface area contributed by atoms with E-state index in [1.807, 2.05) is 24.3 Å². The third-order valence-electron chi connectivity index (χ3n) is 10.9. The number of hydrogen-bond donors (Lipinski definition) is 1. The van der Waals surface area contributed by atoms with Crippen molar-refractivity contribution >= 4 is 43.7 Å². The molecule has 0 spiro atoms. The fourth-order valence-electron chi connectivity index (χ4n) is 8.47. The van der Waals surface area contributed by atoms with Crippen LogP contribution in [0, 0.1) is 0 Å². The molecule has 3 heterocycles. The number of benzene rings is 8. The largest absolute Gasteiger partial charge is 0.456 e. The van der Waals surface area contributed by atoms with Gasteiger partial charge in [-0.25, -0.2) is 0 Å². The van der Waals surface area contributed by atoms with E-state index in [2.05, 4.69) is 174 Å². The zero-order chi connectivity index (χ0) is 37.0. The molecule has 11 rings (SSSR count). The highest BCUT2D eigenvalue weighted by molar-refractivity contribution is 6.16. The SMILES string of the molecule is c1ccc(-c2ccccc2-c2ccccc2-c2nnnc(-c3cccc4oc5ccccc5c34)c2-c2ccccc2-c2cccc3c2[nH]c2ccccc23)cc1. The molecule has 8 aromatic carbocycles. The lowest BCUT2D eigenvalue weighted by molar-refractivity contribution is 0.669. The lowest BCUT2D eigenvalue weighted by atomic mass is 9.85. The van der Waals surface area contributed by atoms with Crippen molar-refractivity contribution in [2.75, 3.05) is 0 Å². The lowest BCUT2D eigenvalue weighted by Gasteiger charge is -2.19. The maximum absolute atomic E-state index is 6.41. The van der Waals surface area contributed by atoms with Crippen molar-refractivity contribution in [2.45, 2.75) is 0 Å². The fourth-order valence-corrected chi connectivity index (χ4v) is 8.47. The summed E-state index contributed by atoms with van der Waals surface area (Å²) in [7, 11) is 0. The first-order valence-electron chi connectivity index (χ1n) is 18.8. The summed E-state index contributed by atoms with van der Waals surface area (Å²) in [5.74, 6) is 0. The van der Waals surface area contributed by atoms with Crippen molar-refractivity contribution in [3.8, 4) is 67.0 Å². The molecule has 0 bridgehead atoms. The second-order valence-electron chi connectivity index (χ2n) is 14.0. The molecule has 0 saturated heterocycles. The van der Waals surface area contributed by atoms with E-state index in [1.54, 1.807) is 0 Å². The Balaban J connectivity index is 1.24. The number of fused-ring (bicyclic) bond motifs is 6. The van der Waals surface area contributed by atoms with Crippen molar-refractivity contribution in [2.24, 2.45) is 0 Å². The van der Waals surface area contributed by atoms with Gasteiger partial charge in [-0.15, -0.1) is 10.2 Å². The van der Waals surface area contributed by atoms with Crippen LogP contribution in [0.3, 0.4) is 0 Å². The molecule has 0 radical (unpaired) electrons. The minimum absolute atomic E-state index is 0.731. The second-order valence-corrected chi connectivity index (χ2v) is 14.0. The van der Waals surface area contributed by atoms with Crippen LogP contribution in [0.5, 0.6) is 0 Å². The molecule has 0 unspecified atom stereocenters. The smallest absolute Gasteiger partial charge is 0.136 e. The monoisotopic (exact) mass is 716 g/mol. The van der Waals surface area contributed by atoms with Crippen LogP contribution in [-0.2, 0) is 0 Å². The number of aromatic nitrogens is 4. The van der Waals surface area contributed by atoms with E-state index in [0.717, 1.165) is 100.0 Å². The molecule has 0 aliphatic rings. The van der Waals surface area contributed by atoms with E-state index in [9.17, 15) is 0 Å². The Labute approximate surface area is 322 Å². The summed E-state index contributed by atoms with van der Waals surface area (Å²) in [6.07, 6.45) is 0. The molecule has 1 N–H and O–H groups in total. The van der Waals surface area contributed by atoms with Crippen molar-refractivity contribution in [1.29, 1.82) is 0 Å². The van der Waals surface area contributed by atoms with Gasteiger partial charge in [0.15, 0.2) is 0 Å². The zero-order valence-corrected chi connectivity index (χ0v) is 30.1. The van der Waals surface area contributed by atoms with Gasteiger partial charge >= 0.3 is 0 Å². The Morgan fingerprint density at radius 2 is 0.875 bits per heavy atom. The topological polar surface area (TPSA) is 67.6 Å². The first-order valence-corrected chi connectivity index (χ1v) is 18.8. The molecular formula is C51H32N4O. The minimum atomic E-state index is 0.731. The summed E-state index contributed by atoms with van der Waals surface area (Å²) in [6.45, 7) is 0. The van der Waals surface area contributed by atoms with E-state index < -0.39 is 0 Å². The lowest BCUT2D eigenvalue weighted by Crippen LogP contribution is -2.02. The maximum atomic E-state index is 6.41. The van der Waals surface area contributed by atoms with Gasteiger partial charge in [-0.05, 0) is 56.8 Å². The summed E-state index contributed by atoms with van der Waals surface area (Å²) < 4.78 is 6.41. The first-order chi connectivity index (χ1) is 27.8. The first kappa shape index (κ1) is 31.9. The van der Waals surface area contributed by atoms with Gasteiger partial charge in [0.25, 0.3) is 0 Å². The van der Waals surface area contributed by atoms with Gasteiger partial charge in [0.2, 0.25) is 0 Å². The molecule has 0 aliphatic heterocycles. The van der Waals surface area contributed by atoms with Gasteiger partial charge in [0.05, 0.1) is 5.52 Å². The predicted octanol–water partition coefficient (Wildman–Crippen LogP) is 13.4. The van der Waals surface area contributed by atoms with Crippen molar-refractivity contribution in [3.05, 3.63) is 188 Å². The summed E-state index contributed by atoms with van der Waals surface area (Å²) in [4.78, 5) is 3.75. The van der Waals surface area contributed by atoms with Crippen molar-refractivity contribution in [3.63, 3.8) is 0 Å². The van der Waals surface area contributed by atoms with Crippen molar-refractivity contribution < 1.29 is 4.42 Å². The molecule has 5 nitrogen and oxygen atoms in total. The normalized spacial score (nSPS) is 11.6. The van der Waals surface area contributed by atoms with Gasteiger partial charge in [0.1, 0.15) is 22.6 Å². The van der Waals surface area contributed by atoms with Crippen molar-refractivity contribution in [1.82, 2.24) is 20.4 Å². The molecule has 0 fully saturated rings. The number of rotatable bonds is 6. The van der Waals surface area contributed by atoms with E-state index in [-0.39, 0.29) is 0 Å². The molecule has 56 heavy (non-hydrogen) atoms. The Morgan fingerprint density at radius 1 is 0.357 bits per heavy atom. The van der Waals surface area contributed by atoms with Gasteiger partial charge in [-0.3, -0.25) is 0 Å². The number of furan rings is 1. The quantitative estimate of drug-likeness (QED) is 0.186. The van der Waals surface area contributed by atoms with Crippen LogP contribution < -0.4 is 0 Å². The summed E-state index contributed by atoms with van der Waals surface area (Å²) in [5, 5.41) is 18.9. The van der Waals surface area contributed by atoms with Gasteiger partial charge in [0, 0.05) is 49.3 Å². The van der Waals surface area contributed by atoms with E-state index in [1.165, 1.54) is 10.8 Å². The van der Waals surface area contributed by atoms with E-state index in [0.29, 0.717) is 0 Å². The maximum Gasteiger partial charge on any atom is 0.136 e. The highest BCUT2D eigenvalue weighted by Gasteiger charge is 2.26. The van der Waals surface area contributed by atoms with Crippen LogP contribution in [0.1, 0.15) is 0 Å². The molecule has 0 atom stereocenters. The number of aromatic amines is 1. The molecule has 262 valence electrons. The average Bonchev–Trinajstić information content (AvgIpc) is 3.85. The summed E-state index contributed by atoms with van der Waals surface area (Å²) >= 11 is 0.